The first-order chi connectivity index (χ1) is 9.31. The molecule has 0 fully saturated rings. The molecular formula is C16H21NOS. The molecule has 0 aliphatic heterocycles. The van der Waals surface area contributed by atoms with Gasteiger partial charge in [0.2, 0.25) is 0 Å². The second kappa shape index (κ2) is 7.31. The van der Waals surface area contributed by atoms with E-state index >= 15 is 0 Å². The van der Waals surface area contributed by atoms with E-state index in [1.807, 2.05) is 12.1 Å². The summed E-state index contributed by atoms with van der Waals surface area (Å²) in [5, 5.41) is 4.36. The molecule has 102 valence electrons. The van der Waals surface area contributed by atoms with Crippen molar-refractivity contribution in [1.82, 2.24) is 0 Å². The molecule has 0 bridgehead atoms. The molecule has 3 heteroatoms. The van der Waals surface area contributed by atoms with E-state index in [-0.39, 0.29) is 0 Å². The predicted octanol–water partition coefficient (Wildman–Crippen LogP) is 3.51. The first-order valence-electron chi connectivity index (χ1n) is 6.66. The van der Waals surface area contributed by atoms with Gasteiger partial charge >= 0.3 is 0 Å². The summed E-state index contributed by atoms with van der Waals surface area (Å²) < 4.78 is 5.17. The van der Waals surface area contributed by atoms with Crippen LogP contribution in [0.25, 0.3) is 0 Å². The molecule has 0 radical (unpaired) electrons. The van der Waals surface area contributed by atoms with Gasteiger partial charge in [-0.25, -0.2) is 0 Å². The van der Waals surface area contributed by atoms with Crippen LogP contribution in [-0.2, 0) is 12.8 Å². The van der Waals surface area contributed by atoms with Gasteiger partial charge in [0.1, 0.15) is 5.75 Å². The van der Waals surface area contributed by atoms with Crippen molar-refractivity contribution in [2.24, 2.45) is 11.7 Å². The van der Waals surface area contributed by atoms with Crippen LogP contribution < -0.4 is 10.5 Å². The third-order valence-electron chi connectivity index (χ3n) is 3.44. The lowest BCUT2D eigenvalue weighted by molar-refractivity contribution is 0.414. The molecule has 19 heavy (non-hydrogen) atoms. The minimum Gasteiger partial charge on any atom is -0.497 e. The number of rotatable bonds is 7. The van der Waals surface area contributed by atoms with Crippen LogP contribution in [0.2, 0.25) is 0 Å². The van der Waals surface area contributed by atoms with E-state index in [0.717, 1.165) is 31.6 Å². The molecule has 0 aliphatic carbocycles. The third-order valence-corrected chi connectivity index (χ3v) is 4.17. The highest BCUT2D eigenvalue weighted by Gasteiger charge is 2.08. The number of ether oxygens (including phenoxy) is 1. The van der Waals surface area contributed by atoms with Gasteiger partial charge in [0.15, 0.2) is 0 Å². The van der Waals surface area contributed by atoms with Crippen molar-refractivity contribution < 1.29 is 4.74 Å². The molecule has 0 spiro atoms. The van der Waals surface area contributed by atoms with Gasteiger partial charge < -0.3 is 10.5 Å². The maximum atomic E-state index is 5.89. The lowest BCUT2D eigenvalue weighted by Gasteiger charge is -2.14. The van der Waals surface area contributed by atoms with E-state index in [1.54, 1.807) is 18.4 Å². The maximum Gasteiger partial charge on any atom is 0.118 e. The molecule has 0 saturated heterocycles. The van der Waals surface area contributed by atoms with Gasteiger partial charge in [-0.05, 0) is 71.8 Å². The van der Waals surface area contributed by atoms with E-state index in [2.05, 4.69) is 29.0 Å². The Morgan fingerprint density at radius 1 is 1.16 bits per heavy atom. The highest BCUT2D eigenvalue weighted by atomic mass is 32.1. The summed E-state index contributed by atoms with van der Waals surface area (Å²) >= 11 is 1.76. The Kier molecular flexibility index (Phi) is 5.43. The van der Waals surface area contributed by atoms with Gasteiger partial charge in [0.05, 0.1) is 7.11 Å². The standard InChI is InChI=1S/C16H21NOS/c1-18-16-6-4-13(5-7-16)10-15(11-17)3-2-14-8-9-19-12-14/h4-9,12,15H,2-3,10-11,17H2,1H3. The number of benzene rings is 1. The molecule has 2 N–H and O–H groups in total. The fraction of sp³-hybridized carbons (Fsp3) is 0.375. The lowest BCUT2D eigenvalue weighted by atomic mass is 9.93. The normalized spacial score (nSPS) is 12.3. The number of nitrogens with two attached hydrogens (primary N) is 1. The average molecular weight is 275 g/mol. The van der Waals surface area contributed by atoms with Crippen LogP contribution in [0.1, 0.15) is 17.5 Å². The van der Waals surface area contributed by atoms with Crippen molar-refractivity contribution in [3.8, 4) is 5.75 Å². The lowest BCUT2D eigenvalue weighted by Crippen LogP contribution is -2.17. The fourth-order valence-corrected chi connectivity index (χ4v) is 2.91. The van der Waals surface area contributed by atoms with Gasteiger partial charge in [0.25, 0.3) is 0 Å². The maximum absolute atomic E-state index is 5.89. The topological polar surface area (TPSA) is 35.2 Å². The minimum atomic E-state index is 0.549. The van der Waals surface area contributed by atoms with Crippen LogP contribution in [0, 0.1) is 5.92 Å². The van der Waals surface area contributed by atoms with Crippen molar-refractivity contribution in [3.05, 3.63) is 52.2 Å². The highest BCUT2D eigenvalue weighted by Crippen LogP contribution is 2.18. The van der Waals surface area contributed by atoms with E-state index in [1.165, 1.54) is 11.1 Å². The van der Waals surface area contributed by atoms with Crippen LogP contribution >= 0.6 is 11.3 Å². The fourth-order valence-electron chi connectivity index (χ4n) is 2.20. The molecule has 1 atom stereocenters. The van der Waals surface area contributed by atoms with Gasteiger partial charge in [-0.1, -0.05) is 12.1 Å². The van der Waals surface area contributed by atoms with Gasteiger partial charge in [-0.2, -0.15) is 11.3 Å². The third kappa shape index (κ3) is 4.37. The van der Waals surface area contributed by atoms with Crippen LogP contribution in [0.5, 0.6) is 5.75 Å². The molecule has 2 rings (SSSR count). The van der Waals surface area contributed by atoms with Crippen molar-refractivity contribution in [1.29, 1.82) is 0 Å². The van der Waals surface area contributed by atoms with Gasteiger partial charge in [-0.3, -0.25) is 0 Å². The van der Waals surface area contributed by atoms with Crippen LogP contribution in [0.4, 0.5) is 0 Å². The Morgan fingerprint density at radius 3 is 2.53 bits per heavy atom. The average Bonchev–Trinajstić information content (AvgIpc) is 2.97. The number of aryl methyl sites for hydroxylation is 1. The highest BCUT2D eigenvalue weighted by molar-refractivity contribution is 7.07. The zero-order valence-corrected chi connectivity index (χ0v) is 12.2. The number of methoxy groups -OCH3 is 1. The summed E-state index contributed by atoms with van der Waals surface area (Å²) in [5.41, 5.74) is 8.66. The molecule has 1 heterocycles. The van der Waals surface area contributed by atoms with Gasteiger partial charge in [0, 0.05) is 0 Å². The molecule has 0 aliphatic rings. The van der Waals surface area contributed by atoms with E-state index in [4.69, 9.17) is 10.5 Å². The summed E-state index contributed by atoms with van der Waals surface area (Å²) in [6.07, 6.45) is 3.32. The summed E-state index contributed by atoms with van der Waals surface area (Å²) in [4.78, 5) is 0. The molecule has 1 unspecified atom stereocenters. The molecule has 2 aromatic rings. The van der Waals surface area contributed by atoms with E-state index in [9.17, 15) is 0 Å². The summed E-state index contributed by atoms with van der Waals surface area (Å²) in [7, 11) is 1.69. The molecule has 1 aromatic heterocycles. The SMILES string of the molecule is COc1ccc(CC(CN)CCc2ccsc2)cc1. The Bertz CT molecular complexity index is 464. The summed E-state index contributed by atoms with van der Waals surface area (Å²) in [6.45, 7) is 0.746. The summed E-state index contributed by atoms with van der Waals surface area (Å²) in [6, 6.07) is 10.5. The molecule has 0 amide bonds. The molecule has 1 aromatic carbocycles. The van der Waals surface area contributed by atoms with Crippen molar-refractivity contribution in [2.75, 3.05) is 13.7 Å². The largest absolute Gasteiger partial charge is 0.497 e. The van der Waals surface area contributed by atoms with Crippen molar-refractivity contribution in [3.63, 3.8) is 0 Å². The Labute approximate surface area is 119 Å². The van der Waals surface area contributed by atoms with E-state index in [0.29, 0.717) is 5.92 Å². The monoisotopic (exact) mass is 275 g/mol. The number of hydrogen-bond donors (Lipinski definition) is 1. The second-order valence-electron chi connectivity index (χ2n) is 4.82. The Morgan fingerprint density at radius 2 is 1.95 bits per heavy atom. The number of hydrogen-bond acceptors (Lipinski definition) is 3. The molecule has 0 saturated carbocycles. The zero-order chi connectivity index (χ0) is 13.5. The van der Waals surface area contributed by atoms with Crippen molar-refractivity contribution in [2.45, 2.75) is 19.3 Å². The first-order valence-corrected chi connectivity index (χ1v) is 7.60. The van der Waals surface area contributed by atoms with Crippen LogP contribution in [-0.4, -0.2) is 13.7 Å². The predicted molar refractivity (Wildman–Crippen MR) is 81.9 cm³/mol. The first kappa shape index (κ1) is 14.1. The van der Waals surface area contributed by atoms with E-state index < -0.39 is 0 Å². The van der Waals surface area contributed by atoms with Crippen LogP contribution in [0.3, 0.4) is 0 Å². The van der Waals surface area contributed by atoms with Crippen molar-refractivity contribution >= 4 is 11.3 Å². The van der Waals surface area contributed by atoms with Crippen LogP contribution in [0.15, 0.2) is 41.1 Å². The van der Waals surface area contributed by atoms with Gasteiger partial charge in [-0.15, -0.1) is 0 Å². The Balaban J connectivity index is 1.87. The summed E-state index contributed by atoms with van der Waals surface area (Å²) in [5.74, 6) is 1.46. The second-order valence-corrected chi connectivity index (χ2v) is 5.60. The smallest absolute Gasteiger partial charge is 0.118 e. The minimum absolute atomic E-state index is 0.549. The molecule has 2 nitrogen and oxygen atoms in total. The molecular weight excluding hydrogens is 254 g/mol. The number of thiophene rings is 1. The zero-order valence-electron chi connectivity index (χ0n) is 11.3. The quantitative estimate of drug-likeness (QED) is 0.839. The Hall–Kier alpha value is -1.32.